The van der Waals surface area contributed by atoms with Crippen LogP contribution in [0.25, 0.3) is 5.65 Å². The molecule has 2 aromatic heterocycles. The van der Waals surface area contributed by atoms with Crippen LogP contribution in [0.5, 0.6) is 0 Å². The van der Waals surface area contributed by atoms with Gasteiger partial charge >= 0.3 is 47.6 Å². The Hall–Kier alpha value is -5.63. The number of nitrogens with one attached hydrogen (secondary N) is 2. The molecule has 0 spiro atoms. The van der Waals surface area contributed by atoms with Crippen molar-refractivity contribution < 1.29 is 93.4 Å². The van der Waals surface area contributed by atoms with Crippen LogP contribution in [-0.2, 0) is 13.0 Å². The second-order valence-corrected chi connectivity index (χ2v) is 14.9. The first kappa shape index (κ1) is 53.0. The molecule has 1 aliphatic rings. The molecule has 4 N–H and O–H groups in total. The molecule has 4 aromatic rings. The predicted molar refractivity (Wildman–Crippen MR) is 194 cm³/mol. The van der Waals surface area contributed by atoms with Gasteiger partial charge in [0, 0.05) is 30.7 Å². The molecule has 0 fully saturated rings. The summed E-state index contributed by atoms with van der Waals surface area (Å²) in [4.78, 5) is 42.6. The van der Waals surface area contributed by atoms with Crippen LogP contribution in [0.4, 0.5) is 79.0 Å². The summed E-state index contributed by atoms with van der Waals surface area (Å²) in [5, 5.41) is 10.0. The number of ketones is 1. The van der Waals surface area contributed by atoms with Gasteiger partial charge < -0.3 is 16.4 Å². The zero-order valence-corrected chi connectivity index (χ0v) is 33.9. The van der Waals surface area contributed by atoms with Gasteiger partial charge in [-0.05, 0) is 80.5 Å². The lowest BCUT2D eigenvalue weighted by Gasteiger charge is -2.42. The molecular formula is C39H34F18N6O3. The maximum atomic E-state index is 13.5. The number of nitrogens with two attached hydrogens (primary N) is 1. The van der Waals surface area contributed by atoms with Gasteiger partial charge in [0.1, 0.15) is 17.2 Å². The van der Waals surface area contributed by atoms with Crippen LogP contribution in [0, 0.1) is 19.7 Å². The lowest BCUT2D eigenvalue weighted by molar-refractivity contribution is -0.461. The number of hydrogen-bond acceptors (Lipinski definition) is 6. The van der Waals surface area contributed by atoms with Crippen molar-refractivity contribution in [1.82, 2.24) is 25.2 Å². The highest BCUT2D eigenvalue weighted by Gasteiger charge is 2.95. The molecule has 0 aliphatic heterocycles. The van der Waals surface area contributed by atoms with E-state index in [1.54, 1.807) is 32.0 Å². The second kappa shape index (κ2) is 18.2. The summed E-state index contributed by atoms with van der Waals surface area (Å²) in [6, 6.07) is 11.2. The second-order valence-electron chi connectivity index (χ2n) is 14.9. The number of carbonyl (C=O) groups excluding carboxylic acids is 3. The van der Waals surface area contributed by atoms with Gasteiger partial charge in [-0.15, -0.1) is 0 Å². The van der Waals surface area contributed by atoms with Crippen molar-refractivity contribution in [3.8, 4) is 0 Å². The van der Waals surface area contributed by atoms with E-state index >= 15 is 0 Å². The summed E-state index contributed by atoms with van der Waals surface area (Å²) in [5.41, 5.74) is 10.2. The largest absolute Gasteiger partial charge is 0.460 e. The van der Waals surface area contributed by atoms with Crippen molar-refractivity contribution in [1.29, 1.82) is 0 Å². The fourth-order valence-electron chi connectivity index (χ4n) is 6.60. The summed E-state index contributed by atoms with van der Waals surface area (Å²) >= 11 is 0. The number of benzene rings is 2. The van der Waals surface area contributed by atoms with Gasteiger partial charge in [-0.3, -0.25) is 14.4 Å². The Morgan fingerprint density at radius 2 is 1.33 bits per heavy atom. The first-order chi connectivity index (χ1) is 30.0. The van der Waals surface area contributed by atoms with E-state index in [4.69, 9.17) is 0 Å². The topological polar surface area (TPSA) is 131 Å². The molecule has 5 rings (SSSR count). The Bertz CT molecular complexity index is 2470. The lowest BCUT2D eigenvalue weighted by atomic mass is 9.88. The smallest absolute Gasteiger partial charge is 0.347 e. The highest BCUT2D eigenvalue weighted by molar-refractivity contribution is 5.99. The van der Waals surface area contributed by atoms with Gasteiger partial charge in [0.05, 0.1) is 12.2 Å². The average Bonchev–Trinajstić information content (AvgIpc) is 3.87. The van der Waals surface area contributed by atoms with E-state index in [1.165, 1.54) is 22.8 Å². The van der Waals surface area contributed by atoms with E-state index in [1.807, 2.05) is 19.1 Å². The van der Waals surface area contributed by atoms with Gasteiger partial charge in [-0.25, -0.2) is 13.9 Å². The fourth-order valence-corrected chi connectivity index (χ4v) is 6.60. The highest BCUT2D eigenvalue weighted by atomic mass is 19.4. The first-order valence-electron chi connectivity index (χ1n) is 18.8. The number of carbonyl (C=O) groups is 3. The maximum absolute atomic E-state index is 13.5. The third kappa shape index (κ3) is 9.22. The minimum Gasteiger partial charge on any atom is -0.347 e. The van der Waals surface area contributed by atoms with E-state index in [2.05, 4.69) is 26.4 Å². The Kier molecular flexibility index (Phi) is 14.6. The summed E-state index contributed by atoms with van der Waals surface area (Å²) in [7, 11) is 0. The number of amides is 2. The van der Waals surface area contributed by atoms with Crippen LogP contribution < -0.4 is 16.4 Å². The minimum absolute atomic E-state index is 0.0195. The van der Waals surface area contributed by atoms with Gasteiger partial charge in [0.15, 0.2) is 11.4 Å². The van der Waals surface area contributed by atoms with Crippen LogP contribution in [0.15, 0.2) is 48.7 Å². The van der Waals surface area contributed by atoms with Crippen LogP contribution >= 0.6 is 0 Å². The molecule has 364 valence electrons. The molecule has 0 saturated carbocycles. The normalized spacial score (nSPS) is 15.3. The van der Waals surface area contributed by atoms with Crippen molar-refractivity contribution in [2.24, 2.45) is 5.73 Å². The molecule has 9 nitrogen and oxygen atoms in total. The Labute approximate surface area is 360 Å². The number of alkyl halides is 17. The van der Waals surface area contributed by atoms with Crippen LogP contribution in [0.3, 0.4) is 0 Å². The van der Waals surface area contributed by atoms with Crippen molar-refractivity contribution in [3.63, 3.8) is 0 Å². The standard InChI is InChI=1S/C28H26FN5O3.C11H8F17N/c1-15-12-18(4-8-22(15)29)14-30-27(36)24-13-25(34-26(32-24)10-11-31-34)28(37)33-23-9-7-20-16(2)19(17(3)35)5-6-21(20)23;12-4(13,2-1-3-29)5(14,15)6(16,17)7(18,19)8(20,21)9(22,23)10(24,25)11(26,27)28/h4-6,8,10-13,23H,7,9,14H2,1-3H3,(H,30,36)(H,33,37);1-3,29H2/t23-;/m0./s1. The van der Waals surface area contributed by atoms with Gasteiger partial charge in [0.25, 0.3) is 11.8 Å². The Morgan fingerprint density at radius 3 is 1.88 bits per heavy atom. The lowest BCUT2D eigenvalue weighted by Crippen LogP contribution is -2.74. The van der Waals surface area contributed by atoms with Crippen molar-refractivity contribution >= 4 is 23.2 Å². The molecule has 2 heterocycles. The van der Waals surface area contributed by atoms with E-state index < -0.39 is 72.9 Å². The number of nitrogens with zero attached hydrogens (tertiary/aromatic N) is 3. The van der Waals surface area contributed by atoms with Crippen molar-refractivity contribution in [2.75, 3.05) is 6.54 Å². The molecule has 0 saturated heterocycles. The third-order valence-electron chi connectivity index (χ3n) is 10.4. The minimum atomic E-state index is -8.59. The molecule has 1 atom stereocenters. The SMILES string of the molecule is CC(=O)c1ccc2c(c1C)CC[C@@H]2NC(=O)c1cc(C(=O)NCc2ccc(F)c(C)c2)nc2ccnn12.NCCCC(F)(F)C(F)(F)C(F)(F)C(F)(F)C(F)(F)C(F)(F)C(F)(F)C(F)(F)F. The van der Waals surface area contributed by atoms with Gasteiger partial charge in [-0.2, -0.15) is 79.7 Å². The number of aryl methyl sites for hydroxylation is 1. The van der Waals surface area contributed by atoms with E-state index in [9.17, 15) is 93.4 Å². The number of halogens is 18. The molecule has 0 unspecified atom stereocenters. The van der Waals surface area contributed by atoms with Gasteiger partial charge in [-0.1, -0.05) is 24.3 Å². The number of fused-ring (bicyclic) bond motifs is 2. The molecule has 2 aromatic carbocycles. The van der Waals surface area contributed by atoms with Gasteiger partial charge in [0.2, 0.25) is 0 Å². The molecule has 1 aliphatic carbocycles. The fraction of sp³-hybridized carbons (Fsp3) is 0.462. The predicted octanol–water partition coefficient (Wildman–Crippen LogP) is 9.77. The first-order valence-corrected chi connectivity index (χ1v) is 18.8. The third-order valence-corrected chi connectivity index (χ3v) is 10.4. The van der Waals surface area contributed by atoms with Crippen molar-refractivity contribution in [3.05, 3.63) is 99.2 Å². The summed E-state index contributed by atoms with van der Waals surface area (Å²) in [6.45, 7) is 4.38. The Morgan fingerprint density at radius 1 is 0.758 bits per heavy atom. The molecule has 2 amide bonds. The monoisotopic (exact) mass is 976 g/mol. The van der Waals surface area contributed by atoms with Crippen LogP contribution in [-0.4, -0.2) is 86.4 Å². The quantitative estimate of drug-likeness (QED) is 0.0804. The van der Waals surface area contributed by atoms with Crippen LogP contribution in [0.2, 0.25) is 0 Å². The molecular weight excluding hydrogens is 942 g/mol. The van der Waals surface area contributed by atoms with E-state index in [-0.39, 0.29) is 41.5 Å². The number of hydrogen-bond donors (Lipinski definition) is 3. The number of rotatable bonds is 15. The molecule has 0 radical (unpaired) electrons. The van der Waals surface area contributed by atoms with E-state index in [0.29, 0.717) is 23.2 Å². The zero-order chi connectivity index (χ0) is 50.4. The summed E-state index contributed by atoms with van der Waals surface area (Å²) in [5.74, 6) is -57.0. The van der Waals surface area contributed by atoms with Crippen LogP contribution in [0.1, 0.15) is 91.4 Å². The maximum Gasteiger partial charge on any atom is 0.460 e. The number of aromatic nitrogens is 3. The molecule has 0 bridgehead atoms. The van der Waals surface area contributed by atoms with Crippen molar-refractivity contribution in [2.45, 2.75) is 107 Å². The Balaban J connectivity index is 0.000000300. The highest BCUT2D eigenvalue weighted by Crippen LogP contribution is 2.64. The molecule has 66 heavy (non-hydrogen) atoms. The zero-order valence-electron chi connectivity index (χ0n) is 33.9. The average molecular weight is 977 g/mol. The summed E-state index contributed by atoms with van der Waals surface area (Å²) in [6.07, 6.45) is -8.57. The van der Waals surface area contributed by atoms with E-state index in [0.717, 1.165) is 28.7 Å². The molecule has 27 heteroatoms. The number of Topliss-reactive ketones (excluding diaryl/α,β-unsaturated/α-hetero) is 1. The summed E-state index contributed by atoms with van der Waals surface area (Å²) < 4.78 is 233.